The van der Waals surface area contributed by atoms with Crippen molar-refractivity contribution in [1.82, 2.24) is 0 Å². The summed E-state index contributed by atoms with van der Waals surface area (Å²) in [6.45, 7) is 5.26. The Morgan fingerprint density at radius 1 is 1.33 bits per heavy atom. The molecule has 0 saturated carbocycles. The van der Waals surface area contributed by atoms with E-state index in [0.29, 0.717) is 6.42 Å². The van der Waals surface area contributed by atoms with Gasteiger partial charge in [-0.05, 0) is 18.6 Å². The first-order valence-corrected chi connectivity index (χ1v) is 6.13. The number of ether oxygens (including phenoxy) is 2. The summed E-state index contributed by atoms with van der Waals surface area (Å²) in [6.07, 6.45) is -0.452. The van der Waals surface area contributed by atoms with Gasteiger partial charge in [0.2, 0.25) is 0 Å². The third kappa shape index (κ3) is 4.13. The minimum atomic E-state index is -0.805. The fourth-order valence-electron chi connectivity index (χ4n) is 1.58. The highest BCUT2D eigenvalue weighted by atomic mass is 16.6. The molecule has 0 radical (unpaired) electrons. The van der Waals surface area contributed by atoms with E-state index in [-0.39, 0.29) is 16.8 Å². The maximum absolute atomic E-state index is 11.9. The molecule has 0 heterocycles. The van der Waals surface area contributed by atoms with Gasteiger partial charge in [0.1, 0.15) is 6.10 Å². The third-order valence-electron chi connectivity index (χ3n) is 2.77. The van der Waals surface area contributed by atoms with Crippen LogP contribution in [0.5, 0.6) is 0 Å². The Hall–Kier alpha value is -2.70. The molecule has 1 atom stereocenters. The minimum absolute atomic E-state index is 0.0373. The van der Waals surface area contributed by atoms with E-state index in [1.807, 2.05) is 0 Å². The van der Waals surface area contributed by atoms with Crippen LogP contribution in [-0.4, -0.2) is 30.1 Å². The van der Waals surface area contributed by atoms with Crippen LogP contribution >= 0.6 is 0 Å². The van der Waals surface area contributed by atoms with E-state index in [1.165, 1.54) is 31.4 Å². The predicted molar refractivity (Wildman–Crippen MR) is 73.7 cm³/mol. The van der Waals surface area contributed by atoms with Gasteiger partial charge in [0.25, 0.3) is 5.69 Å². The number of methoxy groups -OCH3 is 1. The van der Waals surface area contributed by atoms with Crippen molar-refractivity contribution in [2.75, 3.05) is 7.11 Å². The zero-order valence-electron chi connectivity index (χ0n) is 11.7. The van der Waals surface area contributed by atoms with Crippen LogP contribution < -0.4 is 0 Å². The molecule has 7 heteroatoms. The van der Waals surface area contributed by atoms with Crippen LogP contribution in [0.2, 0.25) is 0 Å². The summed E-state index contributed by atoms with van der Waals surface area (Å²) in [6, 6.07) is 4.97. The maximum atomic E-state index is 11.9. The molecule has 0 spiro atoms. The van der Waals surface area contributed by atoms with Crippen LogP contribution in [0.3, 0.4) is 0 Å². The van der Waals surface area contributed by atoms with Gasteiger partial charge in [-0.15, -0.1) is 0 Å². The highest BCUT2D eigenvalue weighted by Crippen LogP contribution is 2.16. The van der Waals surface area contributed by atoms with Gasteiger partial charge in [0.05, 0.1) is 23.2 Å². The lowest BCUT2D eigenvalue weighted by Gasteiger charge is -2.17. The molecule has 21 heavy (non-hydrogen) atoms. The van der Waals surface area contributed by atoms with Gasteiger partial charge in [-0.1, -0.05) is 13.5 Å². The molecule has 1 unspecified atom stereocenters. The highest BCUT2D eigenvalue weighted by molar-refractivity contribution is 5.92. The Bertz CT molecular complexity index is 563. The monoisotopic (exact) mass is 293 g/mol. The molecule has 0 bridgehead atoms. The van der Waals surface area contributed by atoms with E-state index in [4.69, 9.17) is 4.74 Å². The lowest BCUT2D eigenvalue weighted by molar-refractivity contribution is -0.384. The summed E-state index contributed by atoms with van der Waals surface area (Å²) >= 11 is 0. The van der Waals surface area contributed by atoms with Crippen molar-refractivity contribution in [3.63, 3.8) is 0 Å². The van der Waals surface area contributed by atoms with Crippen LogP contribution in [0.4, 0.5) is 5.69 Å². The number of hydrogen-bond acceptors (Lipinski definition) is 6. The van der Waals surface area contributed by atoms with Gasteiger partial charge >= 0.3 is 11.9 Å². The van der Waals surface area contributed by atoms with Gasteiger partial charge in [-0.3, -0.25) is 10.1 Å². The second kappa shape index (κ2) is 7.18. The molecule has 0 aliphatic heterocycles. The number of benzene rings is 1. The molecule has 0 aliphatic carbocycles. The summed E-state index contributed by atoms with van der Waals surface area (Å²) in [5.41, 5.74) is 0.0598. The SMILES string of the molecule is C=C(C(=O)OC)C(CC)OC(=O)c1ccc([N+](=O)[O-])cc1. The largest absolute Gasteiger partial charge is 0.466 e. The predicted octanol–water partition coefficient (Wildman–Crippen LogP) is 2.26. The van der Waals surface area contributed by atoms with Gasteiger partial charge in [-0.25, -0.2) is 9.59 Å². The smallest absolute Gasteiger partial charge is 0.338 e. The Morgan fingerprint density at radius 3 is 2.33 bits per heavy atom. The second-order valence-electron chi connectivity index (χ2n) is 4.12. The van der Waals surface area contributed by atoms with Crippen LogP contribution in [0.25, 0.3) is 0 Å². The first kappa shape index (κ1) is 16.4. The summed E-state index contributed by atoms with van der Waals surface area (Å²) in [5.74, 6) is -1.35. The lowest BCUT2D eigenvalue weighted by atomic mass is 10.1. The van der Waals surface area contributed by atoms with Crippen LogP contribution in [0.15, 0.2) is 36.4 Å². The molecule has 1 rings (SSSR count). The topological polar surface area (TPSA) is 95.7 Å². The van der Waals surface area contributed by atoms with Gasteiger partial charge in [-0.2, -0.15) is 0 Å². The summed E-state index contributed by atoms with van der Waals surface area (Å²) in [7, 11) is 1.21. The average molecular weight is 293 g/mol. The number of carbonyl (C=O) groups excluding carboxylic acids is 2. The molecule has 112 valence electrons. The third-order valence-corrected chi connectivity index (χ3v) is 2.77. The van der Waals surface area contributed by atoms with Crippen LogP contribution in [0.1, 0.15) is 23.7 Å². The Morgan fingerprint density at radius 2 is 1.90 bits per heavy atom. The second-order valence-corrected chi connectivity index (χ2v) is 4.12. The number of carbonyl (C=O) groups is 2. The van der Waals surface area contributed by atoms with Gasteiger partial charge in [0.15, 0.2) is 0 Å². The zero-order chi connectivity index (χ0) is 16.0. The molecule has 7 nitrogen and oxygen atoms in total. The number of esters is 2. The molecular weight excluding hydrogens is 278 g/mol. The van der Waals surface area contributed by atoms with E-state index in [1.54, 1.807) is 6.92 Å². The van der Waals surface area contributed by atoms with Gasteiger partial charge in [0, 0.05) is 12.1 Å². The summed E-state index contributed by atoms with van der Waals surface area (Å²) < 4.78 is 9.68. The molecule has 0 aliphatic rings. The lowest BCUT2D eigenvalue weighted by Crippen LogP contribution is -2.24. The van der Waals surface area contributed by atoms with Crippen molar-refractivity contribution in [3.05, 3.63) is 52.1 Å². The first-order valence-electron chi connectivity index (χ1n) is 6.13. The minimum Gasteiger partial charge on any atom is -0.466 e. The number of rotatable bonds is 6. The number of non-ortho nitro benzene ring substituents is 1. The quantitative estimate of drug-likeness (QED) is 0.345. The molecular formula is C14H15NO6. The Kier molecular flexibility index (Phi) is 5.59. The van der Waals surface area contributed by atoms with Crippen LogP contribution in [-0.2, 0) is 14.3 Å². The van der Waals surface area contributed by atoms with Crippen molar-refractivity contribution < 1.29 is 24.0 Å². The first-order chi connectivity index (χ1) is 9.90. The van der Waals surface area contributed by atoms with Crippen molar-refractivity contribution in [3.8, 4) is 0 Å². The molecule has 1 aromatic rings. The Labute approximate surface area is 121 Å². The van der Waals surface area contributed by atoms with Crippen molar-refractivity contribution >= 4 is 17.6 Å². The molecule has 1 aromatic carbocycles. The molecule has 0 N–H and O–H groups in total. The zero-order valence-corrected chi connectivity index (χ0v) is 11.7. The molecule has 0 saturated heterocycles. The van der Waals surface area contributed by atoms with E-state index in [2.05, 4.69) is 11.3 Å². The van der Waals surface area contributed by atoms with E-state index >= 15 is 0 Å². The standard InChI is InChI=1S/C14H15NO6/c1-4-12(9(2)13(16)20-3)21-14(17)10-5-7-11(8-6-10)15(18)19/h5-8,12H,2,4H2,1,3H3. The normalized spacial score (nSPS) is 11.3. The fraction of sp³-hybridized carbons (Fsp3) is 0.286. The van der Waals surface area contributed by atoms with Crippen molar-refractivity contribution in [1.29, 1.82) is 0 Å². The number of nitrogens with zero attached hydrogens (tertiary/aromatic N) is 1. The Balaban J connectivity index is 2.81. The molecule has 0 fully saturated rings. The number of hydrogen-bond donors (Lipinski definition) is 0. The van der Waals surface area contributed by atoms with Gasteiger partial charge < -0.3 is 9.47 Å². The van der Waals surface area contributed by atoms with Crippen molar-refractivity contribution in [2.24, 2.45) is 0 Å². The molecule has 0 aromatic heterocycles. The highest BCUT2D eigenvalue weighted by Gasteiger charge is 2.23. The van der Waals surface area contributed by atoms with E-state index in [9.17, 15) is 19.7 Å². The van der Waals surface area contributed by atoms with Crippen molar-refractivity contribution in [2.45, 2.75) is 19.4 Å². The van der Waals surface area contributed by atoms with Crippen LogP contribution in [0, 0.1) is 10.1 Å². The van der Waals surface area contributed by atoms with E-state index < -0.39 is 23.0 Å². The fourth-order valence-corrected chi connectivity index (χ4v) is 1.58. The van der Waals surface area contributed by atoms with E-state index in [0.717, 1.165) is 0 Å². The number of nitro benzene ring substituents is 1. The summed E-state index contributed by atoms with van der Waals surface area (Å²) in [5, 5.41) is 10.5. The maximum Gasteiger partial charge on any atom is 0.338 e. The summed E-state index contributed by atoms with van der Waals surface area (Å²) in [4.78, 5) is 33.3. The number of nitro groups is 1. The average Bonchev–Trinajstić information content (AvgIpc) is 2.50. The molecule has 0 amide bonds.